The van der Waals surface area contributed by atoms with Crippen molar-refractivity contribution in [3.05, 3.63) is 65.7 Å². The molecule has 2 aromatic rings. The molecule has 1 unspecified atom stereocenters. The molecule has 2 rings (SSSR count). The zero-order valence-electron chi connectivity index (χ0n) is 10.3. The van der Waals surface area contributed by atoms with Crippen molar-refractivity contribution in [2.45, 2.75) is 6.04 Å². The van der Waals surface area contributed by atoms with Crippen molar-refractivity contribution in [1.82, 2.24) is 10.3 Å². The van der Waals surface area contributed by atoms with Gasteiger partial charge >= 0.3 is 5.97 Å². The van der Waals surface area contributed by atoms with E-state index in [0.717, 1.165) is 6.07 Å². The Hall–Kier alpha value is -2.76. The molecule has 102 valence electrons. The Morgan fingerprint density at radius 3 is 2.55 bits per heavy atom. The number of halogens is 1. The average Bonchev–Trinajstić information content (AvgIpc) is 2.45. The van der Waals surface area contributed by atoms with Gasteiger partial charge in [0.25, 0.3) is 5.91 Å². The van der Waals surface area contributed by atoms with Crippen LogP contribution < -0.4 is 5.32 Å². The second-order valence-corrected chi connectivity index (χ2v) is 4.01. The quantitative estimate of drug-likeness (QED) is 0.890. The molecule has 5 nitrogen and oxygen atoms in total. The smallest absolute Gasteiger partial charge is 0.330 e. The van der Waals surface area contributed by atoms with Crippen LogP contribution in [0, 0.1) is 5.82 Å². The number of pyridine rings is 1. The highest BCUT2D eigenvalue weighted by atomic mass is 19.1. The zero-order chi connectivity index (χ0) is 14.5. The number of amides is 1. The van der Waals surface area contributed by atoms with Gasteiger partial charge in [0.05, 0.1) is 5.56 Å². The number of hydrogen-bond acceptors (Lipinski definition) is 3. The van der Waals surface area contributed by atoms with Crippen molar-refractivity contribution in [2.75, 3.05) is 0 Å². The molecule has 1 aromatic heterocycles. The minimum Gasteiger partial charge on any atom is -0.479 e. The molecule has 0 fully saturated rings. The lowest BCUT2D eigenvalue weighted by Gasteiger charge is -2.14. The summed E-state index contributed by atoms with van der Waals surface area (Å²) < 4.78 is 13.5. The molecule has 0 aliphatic heterocycles. The summed E-state index contributed by atoms with van der Waals surface area (Å²) in [5.41, 5.74) is 0.104. The molecule has 1 atom stereocenters. The molecule has 0 bridgehead atoms. The maximum atomic E-state index is 13.5. The monoisotopic (exact) mass is 274 g/mol. The van der Waals surface area contributed by atoms with E-state index in [1.807, 2.05) is 0 Å². The third-order valence-electron chi connectivity index (χ3n) is 2.66. The second-order valence-electron chi connectivity index (χ2n) is 4.01. The van der Waals surface area contributed by atoms with Crippen LogP contribution in [-0.2, 0) is 4.79 Å². The van der Waals surface area contributed by atoms with Crippen LogP contribution in [0.25, 0.3) is 0 Å². The lowest BCUT2D eigenvalue weighted by Crippen LogP contribution is -2.34. The zero-order valence-corrected chi connectivity index (χ0v) is 10.3. The van der Waals surface area contributed by atoms with E-state index in [1.54, 1.807) is 6.07 Å². The van der Waals surface area contributed by atoms with E-state index in [0.29, 0.717) is 5.56 Å². The molecule has 6 heteroatoms. The fourth-order valence-electron chi connectivity index (χ4n) is 1.69. The molecule has 2 N–H and O–H groups in total. The van der Waals surface area contributed by atoms with Crippen LogP contribution in [0.5, 0.6) is 0 Å². The fraction of sp³-hybridized carbons (Fsp3) is 0.0714. The van der Waals surface area contributed by atoms with Crippen LogP contribution in [0.15, 0.2) is 48.8 Å². The van der Waals surface area contributed by atoms with Gasteiger partial charge in [-0.05, 0) is 18.2 Å². The number of carbonyl (C=O) groups is 2. The molecule has 0 aliphatic rings. The standard InChI is InChI=1S/C14H11FN2O3/c15-11-6-2-1-5-10(11)13(18)17-12(14(19)20)9-4-3-7-16-8-9/h1-8,12H,(H,17,18)(H,19,20). The van der Waals surface area contributed by atoms with Gasteiger partial charge in [-0.25, -0.2) is 9.18 Å². The Morgan fingerprint density at radius 2 is 1.95 bits per heavy atom. The Balaban J connectivity index is 2.24. The topological polar surface area (TPSA) is 79.3 Å². The van der Waals surface area contributed by atoms with Crippen molar-refractivity contribution >= 4 is 11.9 Å². The summed E-state index contributed by atoms with van der Waals surface area (Å²) >= 11 is 0. The molecule has 1 aromatic carbocycles. The third kappa shape index (κ3) is 2.97. The molecule has 0 spiro atoms. The van der Waals surface area contributed by atoms with Gasteiger partial charge in [-0.15, -0.1) is 0 Å². The highest BCUT2D eigenvalue weighted by Crippen LogP contribution is 2.14. The highest BCUT2D eigenvalue weighted by Gasteiger charge is 2.23. The Kier molecular flexibility index (Phi) is 4.05. The van der Waals surface area contributed by atoms with E-state index < -0.39 is 23.7 Å². The van der Waals surface area contributed by atoms with Gasteiger partial charge in [-0.3, -0.25) is 9.78 Å². The van der Waals surface area contributed by atoms with E-state index in [9.17, 15) is 14.0 Å². The van der Waals surface area contributed by atoms with Gasteiger partial charge in [0.2, 0.25) is 0 Å². The largest absolute Gasteiger partial charge is 0.479 e. The van der Waals surface area contributed by atoms with Crippen molar-refractivity contribution in [2.24, 2.45) is 0 Å². The van der Waals surface area contributed by atoms with Gasteiger partial charge < -0.3 is 10.4 Å². The van der Waals surface area contributed by atoms with Crippen LogP contribution >= 0.6 is 0 Å². The third-order valence-corrected chi connectivity index (χ3v) is 2.66. The Morgan fingerprint density at radius 1 is 1.20 bits per heavy atom. The predicted octanol–water partition coefficient (Wildman–Crippen LogP) is 1.78. The van der Waals surface area contributed by atoms with Crippen molar-refractivity contribution in [3.63, 3.8) is 0 Å². The lowest BCUT2D eigenvalue weighted by molar-refractivity contribution is -0.139. The SMILES string of the molecule is O=C(NC(C(=O)O)c1cccnc1)c1ccccc1F. The van der Waals surface area contributed by atoms with Crippen LogP contribution in [0.2, 0.25) is 0 Å². The summed E-state index contributed by atoms with van der Waals surface area (Å²) in [6, 6.07) is 7.16. The van der Waals surface area contributed by atoms with Crippen LogP contribution in [0.1, 0.15) is 22.0 Å². The number of aromatic nitrogens is 1. The molecule has 1 amide bonds. The lowest BCUT2D eigenvalue weighted by atomic mass is 10.1. The maximum Gasteiger partial charge on any atom is 0.330 e. The normalized spacial score (nSPS) is 11.7. The first-order valence-electron chi connectivity index (χ1n) is 5.77. The summed E-state index contributed by atoms with van der Waals surface area (Å²) in [6.07, 6.45) is 2.82. The van der Waals surface area contributed by atoms with Crippen LogP contribution in [0.3, 0.4) is 0 Å². The Labute approximate surface area is 114 Å². The van der Waals surface area contributed by atoms with Gasteiger partial charge in [0.15, 0.2) is 6.04 Å². The number of hydrogen-bond donors (Lipinski definition) is 2. The number of carboxylic acids is 1. The highest BCUT2D eigenvalue weighted by molar-refractivity contribution is 5.97. The molecular weight excluding hydrogens is 263 g/mol. The fourth-order valence-corrected chi connectivity index (χ4v) is 1.69. The van der Waals surface area contributed by atoms with E-state index in [-0.39, 0.29) is 5.56 Å². The van der Waals surface area contributed by atoms with Crippen molar-refractivity contribution < 1.29 is 19.1 Å². The number of carboxylic acid groups (broad SMARTS) is 1. The number of nitrogens with zero attached hydrogens (tertiary/aromatic N) is 1. The first kappa shape index (κ1) is 13.7. The molecule has 0 saturated carbocycles. The van der Waals surface area contributed by atoms with Gasteiger partial charge in [-0.2, -0.15) is 0 Å². The number of aliphatic carboxylic acids is 1. The summed E-state index contributed by atoms with van der Waals surface area (Å²) in [4.78, 5) is 26.9. The van der Waals surface area contributed by atoms with E-state index in [2.05, 4.69) is 10.3 Å². The second kappa shape index (κ2) is 5.92. The number of rotatable bonds is 4. The minimum absolute atomic E-state index is 0.206. The molecular formula is C14H11FN2O3. The summed E-state index contributed by atoms with van der Waals surface area (Å²) in [5, 5.41) is 11.4. The van der Waals surface area contributed by atoms with Gasteiger partial charge in [-0.1, -0.05) is 18.2 Å². The first-order chi connectivity index (χ1) is 9.59. The number of benzene rings is 1. The number of nitrogens with one attached hydrogen (secondary N) is 1. The molecule has 0 saturated heterocycles. The summed E-state index contributed by atoms with van der Waals surface area (Å²) in [5.74, 6) is -2.75. The molecule has 0 aliphatic carbocycles. The molecule has 1 heterocycles. The average molecular weight is 274 g/mol. The first-order valence-corrected chi connectivity index (χ1v) is 5.77. The minimum atomic E-state index is -1.28. The van der Waals surface area contributed by atoms with Crippen LogP contribution in [-0.4, -0.2) is 22.0 Å². The summed E-state index contributed by atoms with van der Waals surface area (Å²) in [7, 11) is 0. The van der Waals surface area contributed by atoms with E-state index in [4.69, 9.17) is 5.11 Å². The van der Waals surface area contributed by atoms with Crippen molar-refractivity contribution in [1.29, 1.82) is 0 Å². The maximum absolute atomic E-state index is 13.5. The van der Waals surface area contributed by atoms with E-state index in [1.165, 1.54) is 36.7 Å². The predicted molar refractivity (Wildman–Crippen MR) is 68.5 cm³/mol. The molecule has 20 heavy (non-hydrogen) atoms. The van der Waals surface area contributed by atoms with Crippen LogP contribution in [0.4, 0.5) is 4.39 Å². The van der Waals surface area contributed by atoms with E-state index >= 15 is 0 Å². The van der Waals surface area contributed by atoms with Crippen molar-refractivity contribution in [3.8, 4) is 0 Å². The van der Waals surface area contributed by atoms with Gasteiger partial charge in [0, 0.05) is 18.0 Å². The molecule has 0 radical (unpaired) electrons. The Bertz CT molecular complexity index is 631. The summed E-state index contributed by atoms with van der Waals surface area (Å²) in [6.45, 7) is 0. The number of carbonyl (C=O) groups excluding carboxylic acids is 1. The van der Waals surface area contributed by atoms with Gasteiger partial charge in [0.1, 0.15) is 5.82 Å².